The summed E-state index contributed by atoms with van der Waals surface area (Å²) in [6.45, 7) is 2.09. The summed E-state index contributed by atoms with van der Waals surface area (Å²) in [7, 11) is 1.49. The fraction of sp³-hybridized carbons (Fsp3) is 0.500. The summed E-state index contributed by atoms with van der Waals surface area (Å²) in [5.41, 5.74) is 0.163. The lowest BCUT2D eigenvalue weighted by Gasteiger charge is -2.10. The largest absolute Gasteiger partial charge is 0.611 e. The second kappa shape index (κ2) is 6.53. The van der Waals surface area contributed by atoms with Crippen molar-refractivity contribution in [3.8, 4) is 5.88 Å². The molecular weight excluding hydrogens is 260 g/mol. The molecule has 1 atom stereocenters. The van der Waals surface area contributed by atoms with E-state index in [9.17, 15) is 14.7 Å². The van der Waals surface area contributed by atoms with Crippen LogP contribution in [0.5, 0.6) is 5.88 Å². The first-order valence-electron chi connectivity index (χ1n) is 5.08. The minimum absolute atomic E-state index is 0.111. The molecule has 1 heterocycles. The van der Waals surface area contributed by atoms with Crippen molar-refractivity contribution in [2.24, 2.45) is 0 Å². The summed E-state index contributed by atoms with van der Waals surface area (Å²) in [6.07, 6.45) is 1.38. The average molecular weight is 274 g/mol. The van der Waals surface area contributed by atoms with E-state index in [2.05, 4.69) is 4.98 Å². The van der Waals surface area contributed by atoms with Crippen molar-refractivity contribution >= 4 is 16.9 Å². The van der Waals surface area contributed by atoms with Gasteiger partial charge in [-0.3, -0.25) is 10.1 Å². The van der Waals surface area contributed by atoms with E-state index in [1.807, 2.05) is 0 Å². The molecule has 0 spiro atoms. The Labute approximate surface area is 107 Å². The van der Waals surface area contributed by atoms with Gasteiger partial charge in [-0.2, -0.15) is 0 Å². The lowest BCUT2D eigenvalue weighted by molar-refractivity contribution is -0.389. The number of nitrogens with zero attached hydrogens (tertiary/aromatic N) is 2. The average Bonchev–Trinajstić information content (AvgIpc) is 2.27. The fourth-order valence-corrected chi connectivity index (χ4v) is 2.09. The Morgan fingerprint density at radius 1 is 1.50 bits per heavy atom. The van der Waals surface area contributed by atoms with Crippen LogP contribution in [0.25, 0.3) is 0 Å². The Bertz CT molecular complexity index is 439. The monoisotopic (exact) mass is 274 g/mol. The topological polar surface area (TPSA) is 97.5 Å². The third-order valence-electron chi connectivity index (χ3n) is 2.07. The van der Waals surface area contributed by atoms with Crippen LogP contribution < -0.4 is 4.74 Å². The number of nitro groups is 1. The second-order valence-electron chi connectivity index (χ2n) is 3.47. The highest BCUT2D eigenvalue weighted by Gasteiger charge is 2.30. The Morgan fingerprint density at radius 2 is 2.17 bits per heavy atom. The molecule has 1 aromatic rings. The molecule has 0 aliphatic carbocycles. The van der Waals surface area contributed by atoms with Gasteiger partial charge in [-0.25, -0.2) is 4.98 Å². The third-order valence-corrected chi connectivity index (χ3v) is 3.00. The molecule has 0 aliphatic rings. The van der Waals surface area contributed by atoms with E-state index >= 15 is 0 Å². The molecule has 7 nitrogen and oxygen atoms in total. The number of rotatable bonds is 6. The molecular formula is C10H14N2O5S. The van der Waals surface area contributed by atoms with E-state index < -0.39 is 16.1 Å². The van der Waals surface area contributed by atoms with E-state index in [1.54, 1.807) is 6.92 Å². The predicted molar refractivity (Wildman–Crippen MR) is 65.3 cm³/mol. The van der Waals surface area contributed by atoms with Crippen LogP contribution in [0.4, 0.5) is 5.69 Å². The van der Waals surface area contributed by atoms with E-state index in [1.165, 1.54) is 19.4 Å². The van der Waals surface area contributed by atoms with Gasteiger partial charge in [-0.1, -0.05) is 0 Å². The quantitative estimate of drug-likeness (QED) is 0.333. The molecule has 0 aromatic carbocycles. The van der Waals surface area contributed by atoms with Crippen molar-refractivity contribution in [2.45, 2.75) is 11.8 Å². The van der Waals surface area contributed by atoms with Gasteiger partial charge in [-0.05, 0) is 18.1 Å². The molecule has 18 heavy (non-hydrogen) atoms. The van der Waals surface area contributed by atoms with Gasteiger partial charge in [0.2, 0.25) is 4.90 Å². The maximum absolute atomic E-state index is 11.5. The van der Waals surface area contributed by atoms with Crippen LogP contribution in [-0.4, -0.2) is 41.0 Å². The number of hydrogen-bond acceptors (Lipinski definition) is 6. The lowest BCUT2D eigenvalue weighted by atomic mass is 10.3. The maximum atomic E-state index is 11.5. The Kier molecular flexibility index (Phi) is 5.32. The highest BCUT2D eigenvalue weighted by Crippen LogP contribution is 2.32. The number of methoxy groups -OCH3 is 1. The number of ether oxygens (including phenoxy) is 2. The highest BCUT2D eigenvalue weighted by molar-refractivity contribution is 7.90. The number of aryl methyl sites for hydroxylation is 1. The first-order valence-corrected chi connectivity index (χ1v) is 6.64. The standard InChI is InChI=1S/C10H14N2O5S/c1-7-6-8(18(3)15)9(12(13)14)10(11-7)17-5-4-16-2/h6H,4-5H2,1-3H3. The van der Waals surface area contributed by atoms with Gasteiger partial charge >= 0.3 is 5.69 Å². The lowest BCUT2D eigenvalue weighted by Crippen LogP contribution is -2.11. The van der Waals surface area contributed by atoms with Crippen LogP contribution in [0.3, 0.4) is 0 Å². The summed E-state index contributed by atoms with van der Waals surface area (Å²) >= 11 is -1.48. The first kappa shape index (κ1) is 14.7. The van der Waals surface area contributed by atoms with E-state index in [-0.39, 0.29) is 29.7 Å². The van der Waals surface area contributed by atoms with Crippen molar-refractivity contribution in [3.05, 3.63) is 21.9 Å². The Balaban J connectivity index is 3.17. The summed E-state index contributed by atoms with van der Waals surface area (Å²) in [5.74, 6) is -0.123. The van der Waals surface area contributed by atoms with Crippen molar-refractivity contribution in [2.75, 3.05) is 26.6 Å². The minimum atomic E-state index is -1.48. The summed E-state index contributed by atoms with van der Waals surface area (Å²) in [4.78, 5) is 14.4. The van der Waals surface area contributed by atoms with Crippen LogP contribution in [0.15, 0.2) is 11.0 Å². The van der Waals surface area contributed by atoms with Crippen molar-refractivity contribution < 1.29 is 18.9 Å². The van der Waals surface area contributed by atoms with Crippen molar-refractivity contribution in [1.29, 1.82) is 0 Å². The number of hydrogen-bond donors (Lipinski definition) is 0. The van der Waals surface area contributed by atoms with E-state index in [0.29, 0.717) is 5.69 Å². The smallest absolute Gasteiger partial charge is 0.385 e. The highest BCUT2D eigenvalue weighted by atomic mass is 32.2. The molecule has 0 fully saturated rings. The van der Waals surface area contributed by atoms with Gasteiger partial charge in [0.15, 0.2) is 0 Å². The summed E-state index contributed by atoms with van der Waals surface area (Å²) in [6, 6.07) is 1.43. The van der Waals surface area contributed by atoms with E-state index in [0.717, 1.165) is 0 Å². The molecule has 100 valence electrons. The van der Waals surface area contributed by atoms with Crippen LogP contribution in [-0.2, 0) is 15.9 Å². The van der Waals surface area contributed by atoms with Gasteiger partial charge in [0, 0.05) is 18.9 Å². The van der Waals surface area contributed by atoms with Crippen molar-refractivity contribution in [1.82, 2.24) is 4.98 Å². The predicted octanol–water partition coefficient (Wildman–Crippen LogP) is 1.06. The number of aromatic nitrogens is 1. The van der Waals surface area contributed by atoms with Crippen molar-refractivity contribution in [3.63, 3.8) is 0 Å². The minimum Gasteiger partial charge on any atom is -0.611 e. The zero-order valence-corrected chi connectivity index (χ0v) is 11.2. The zero-order valence-electron chi connectivity index (χ0n) is 10.3. The van der Waals surface area contributed by atoms with Crippen LogP contribution in [0.1, 0.15) is 5.69 Å². The van der Waals surface area contributed by atoms with Gasteiger partial charge < -0.3 is 14.0 Å². The second-order valence-corrected chi connectivity index (χ2v) is 4.82. The molecule has 0 amide bonds. The molecule has 0 saturated carbocycles. The number of pyridine rings is 1. The Hall–Kier alpha value is -1.38. The van der Waals surface area contributed by atoms with Gasteiger partial charge in [-0.15, -0.1) is 0 Å². The molecule has 0 N–H and O–H groups in total. The molecule has 0 aliphatic heterocycles. The van der Waals surface area contributed by atoms with Gasteiger partial charge in [0.25, 0.3) is 5.88 Å². The third kappa shape index (κ3) is 3.56. The fourth-order valence-electron chi connectivity index (χ4n) is 1.32. The first-order chi connectivity index (χ1) is 8.47. The van der Waals surface area contributed by atoms with Gasteiger partial charge in [0.05, 0.1) is 11.5 Å². The maximum Gasteiger partial charge on any atom is 0.385 e. The zero-order chi connectivity index (χ0) is 13.7. The molecule has 8 heteroatoms. The molecule has 1 unspecified atom stereocenters. The Morgan fingerprint density at radius 3 is 2.67 bits per heavy atom. The molecule has 0 saturated heterocycles. The molecule has 1 aromatic heterocycles. The van der Waals surface area contributed by atoms with Crippen LogP contribution in [0.2, 0.25) is 0 Å². The molecule has 0 bridgehead atoms. The SMILES string of the molecule is COCCOc1nc(C)cc([S+](C)[O-])c1[N+](=O)[O-]. The summed E-state index contributed by atoms with van der Waals surface area (Å²) in [5, 5.41) is 11.0. The molecule has 1 rings (SSSR count). The molecule has 0 radical (unpaired) electrons. The summed E-state index contributed by atoms with van der Waals surface area (Å²) < 4.78 is 21.5. The van der Waals surface area contributed by atoms with Gasteiger partial charge in [0.1, 0.15) is 12.9 Å². The van der Waals surface area contributed by atoms with E-state index in [4.69, 9.17) is 9.47 Å². The van der Waals surface area contributed by atoms with Crippen LogP contribution >= 0.6 is 0 Å². The normalized spacial score (nSPS) is 12.2. The van der Waals surface area contributed by atoms with Crippen LogP contribution in [0, 0.1) is 17.0 Å².